The first-order valence-corrected chi connectivity index (χ1v) is 4.88. The van der Waals surface area contributed by atoms with E-state index in [-0.39, 0.29) is 5.75 Å². The SMILES string of the molecule is C=C(CCC)Nc1c(C)cccc1O. The summed E-state index contributed by atoms with van der Waals surface area (Å²) in [6, 6.07) is 5.47. The van der Waals surface area contributed by atoms with Gasteiger partial charge in [-0.25, -0.2) is 0 Å². The number of aromatic hydroxyl groups is 1. The lowest BCUT2D eigenvalue weighted by molar-refractivity contribution is 0.477. The van der Waals surface area contributed by atoms with E-state index in [4.69, 9.17) is 0 Å². The molecule has 0 aromatic heterocycles. The number of hydrogen-bond acceptors (Lipinski definition) is 2. The van der Waals surface area contributed by atoms with Crippen LogP contribution in [0.2, 0.25) is 0 Å². The van der Waals surface area contributed by atoms with Crippen LogP contribution in [-0.2, 0) is 0 Å². The topological polar surface area (TPSA) is 32.3 Å². The van der Waals surface area contributed by atoms with Crippen LogP contribution in [-0.4, -0.2) is 5.11 Å². The lowest BCUT2D eigenvalue weighted by Gasteiger charge is -2.12. The summed E-state index contributed by atoms with van der Waals surface area (Å²) in [6.07, 6.45) is 1.98. The van der Waals surface area contributed by atoms with Crippen LogP contribution < -0.4 is 5.32 Å². The molecule has 0 fully saturated rings. The molecular weight excluding hydrogens is 174 g/mol. The molecule has 1 aromatic rings. The first-order chi connectivity index (χ1) is 6.65. The fraction of sp³-hybridized carbons (Fsp3) is 0.333. The number of phenolic OH excluding ortho intramolecular Hbond substituents is 1. The van der Waals surface area contributed by atoms with Gasteiger partial charge in [0.05, 0.1) is 5.69 Å². The molecule has 0 spiro atoms. The van der Waals surface area contributed by atoms with Crippen LogP contribution >= 0.6 is 0 Å². The molecule has 0 bridgehead atoms. The summed E-state index contributed by atoms with van der Waals surface area (Å²) < 4.78 is 0. The van der Waals surface area contributed by atoms with Crippen LogP contribution in [0.4, 0.5) is 5.69 Å². The largest absolute Gasteiger partial charge is 0.506 e. The molecule has 0 unspecified atom stereocenters. The van der Waals surface area contributed by atoms with Gasteiger partial charge in [-0.2, -0.15) is 0 Å². The van der Waals surface area contributed by atoms with Crippen molar-refractivity contribution in [2.45, 2.75) is 26.7 Å². The predicted molar refractivity (Wildman–Crippen MR) is 60.5 cm³/mol. The standard InChI is InChI=1S/C12H17NO/c1-4-6-10(3)13-12-9(2)7-5-8-11(12)14/h5,7-8,13-14H,3-4,6H2,1-2H3. The first kappa shape index (κ1) is 10.6. The van der Waals surface area contributed by atoms with Crippen LogP contribution in [0.5, 0.6) is 5.75 Å². The molecular formula is C12H17NO. The lowest BCUT2D eigenvalue weighted by Crippen LogP contribution is -1.99. The minimum atomic E-state index is 0.280. The number of aryl methyl sites for hydroxylation is 1. The monoisotopic (exact) mass is 191 g/mol. The highest BCUT2D eigenvalue weighted by atomic mass is 16.3. The maximum atomic E-state index is 9.60. The zero-order valence-electron chi connectivity index (χ0n) is 8.80. The smallest absolute Gasteiger partial charge is 0.139 e. The van der Waals surface area contributed by atoms with E-state index in [1.165, 1.54) is 0 Å². The van der Waals surface area contributed by atoms with Crippen LogP contribution in [0, 0.1) is 6.92 Å². The highest BCUT2D eigenvalue weighted by Crippen LogP contribution is 2.27. The minimum absolute atomic E-state index is 0.280. The molecule has 2 heteroatoms. The van der Waals surface area contributed by atoms with Crippen molar-refractivity contribution in [1.29, 1.82) is 0 Å². The Morgan fingerprint density at radius 3 is 2.79 bits per heavy atom. The molecule has 0 heterocycles. The molecule has 0 aliphatic heterocycles. The normalized spacial score (nSPS) is 9.86. The molecule has 0 saturated heterocycles. The van der Waals surface area contributed by atoms with Gasteiger partial charge in [-0.15, -0.1) is 0 Å². The fourth-order valence-corrected chi connectivity index (χ4v) is 1.36. The molecule has 0 aliphatic rings. The molecule has 0 amide bonds. The van der Waals surface area contributed by atoms with Gasteiger partial charge < -0.3 is 10.4 Å². The number of benzene rings is 1. The van der Waals surface area contributed by atoms with E-state index < -0.39 is 0 Å². The van der Waals surface area contributed by atoms with Crippen molar-refractivity contribution in [3.8, 4) is 5.75 Å². The fourth-order valence-electron chi connectivity index (χ4n) is 1.36. The zero-order chi connectivity index (χ0) is 10.6. The maximum Gasteiger partial charge on any atom is 0.139 e. The second-order valence-corrected chi connectivity index (χ2v) is 3.45. The van der Waals surface area contributed by atoms with E-state index in [0.29, 0.717) is 0 Å². The van der Waals surface area contributed by atoms with Crippen LogP contribution in [0.15, 0.2) is 30.5 Å². The Kier molecular flexibility index (Phi) is 3.57. The van der Waals surface area contributed by atoms with Gasteiger partial charge in [-0.05, 0) is 25.0 Å². The number of anilines is 1. The summed E-state index contributed by atoms with van der Waals surface area (Å²) in [6.45, 7) is 7.96. The lowest BCUT2D eigenvalue weighted by atomic mass is 10.1. The van der Waals surface area contributed by atoms with Crippen molar-refractivity contribution < 1.29 is 5.11 Å². The summed E-state index contributed by atoms with van der Waals surface area (Å²) in [5, 5.41) is 12.7. The van der Waals surface area contributed by atoms with E-state index in [0.717, 1.165) is 29.8 Å². The van der Waals surface area contributed by atoms with Crippen LogP contribution in [0.3, 0.4) is 0 Å². The summed E-state index contributed by atoms with van der Waals surface area (Å²) in [5.41, 5.74) is 2.74. The van der Waals surface area contributed by atoms with Crippen LogP contribution in [0.25, 0.3) is 0 Å². The third-order valence-electron chi connectivity index (χ3n) is 2.10. The molecule has 1 aromatic carbocycles. The second-order valence-electron chi connectivity index (χ2n) is 3.45. The highest BCUT2D eigenvalue weighted by molar-refractivity contribution is 5.63. The van der Waals surface area contributed by atoms with Crippen molar-refractivity contribution >= 4 is 5.69 Å². The van der Waals surface area contributed by atoms with Gasteiger partial charge in [0.15, 0.2) is 0 Å². The van der Waals surface area contributed by atoms with E-state index in [9.17, 15) is 5.11 Å². The Morgan fingerprint density at radius 2 is 2.21 bits per heavy atom. The van der Waals surface area contributed by atoms with Crippen molar-refractivity contribution in [3.05, 3.63) is 36.0 Å². The molecule has 0 radical (unpaired) electrons. The zero-order valence-corrected chi connectivity index (χ0v) is 8.80. The third kappa shape index (κ3) is 2.52. The summed E-state index contributed by atoms with van der Waals surface area (Å²) in [5.74, 6) is 0.280. The Labute approximate surface area is 85.3 Å². The number of allylic oxidation sites excluding steroid dienone is 1. The van der Waals surface area contributed by atoms with Gasteiger partial charge in [0, 0.05) is 5.70 Å². The van der Waals surface area contributed by atoms with Gasteiger partial charge in [-0.1, -0.05) is 32.1 Å². The number of rotatable bonds is 4. The molecule has 2 nitrogen and oxygen atoms in total. The summed E-state index contributed by atoms with van der Waals surface area (Å²) in [4.78, 5) is 0. The first-order valence-electron chi connectivity index (χ1n) is 4.88. The molecule has 2 N–H and O–H groups in total. The molecule has 14 heavy (non-hydrogen) atoms. The van der Waals surface area contributed by atoms with E-state index in [1.54, 1.807) is 6.07 Å². The van der Waals surface area contributed by atoms with E-state index in [1.807, 2.05) is 19.1 Å². The third-order valence-corrected chi connectivity index (χ3v) is 2.10. The van der Waals surface area contributed by atoms with Gasteiger partial charge >= 0.3 is 0 Å². The van der Waals surface area contributed by atoms with Gasteiger partial charge in [-0.3, -0.25) is 0 Å². The van der Waals surface area contributed by atoms with Crippen LogP contribution in [0.1, 0.15) is 25.3 Å². The molecule has 76 valence electrons. The number of para-hydroxylation sites is 1. The molecule has 0 aliphatic carbocycles. The average Bonchev–Trinajstić information content (AvgIpc) is 2.12. The van der Waals surface area contributed by atoms with Gasteiger partial charge in [0.25, 0.3) is 0 Å². The Balaban J connectivity index is 2.80. The Morgan fingerprint density at radius 1 is 1.50 bits per heavy atom. The molecule has 0 atom stereocenters. The number of phenols is 1. The Hall–Kier alpha value is -1.44. The predicted octanol–water partition coefficient (Wildman–Crippen LogP) is 3.43. The summed E-state index contributed by atoms with van der Waals surface area (Å²) in [7, 11) is 0. The molecule has 1 rings (SSSR count). The van der Waals surface area contributed by atoms with Gasteiger partial charge in [0.1, 0.15) is 5.75 Å². The maximum absolute atomic E-state index is 9.60. The minimum Gasteiger partial charge on any atom is -0.506 e. The van der Waals surface area contributed by atoms with E-state index in [2.05, 4.69) is 18.8 Å². The highest BCUT2D eigenvalue weighted by Gasteiger charge is 2.04. The van der Waals surface area contributed by atoms with Crippen molar-refractivity contribution in [1.82, 2.24) is 0 Å². The van der Waals surface area contributed by atoms with E-state index >= 15 is 0 Å². The van der Waals surface area contributed by atoms with Crippen molar-refractivity contribution in [2.24, 2.45) is 0 Å². The van der Waals surface area contributed by atoms with Crippen molar-refractivity contribution in [2.75, 3.05) is 5.32 Å². The number of nitrogens with one attached hydrogen (secondary N) is 1. The Bertz CT molecular complexity index is 311. The number of hydrogen-bond donors (Lipinski definition) is 2. The summed E-state index contributed by atoms with van der Waals surface area (Å²) >= 11 is 0. The second kappa shape index (κ2) is 4.70. The quantitative estimate of drug-likeness (QED) is 0.715. The average molecular weight is 191 g/mol. The van der Waals surface area contributed by atoms with Gasteiger partial charge in [0.2, 0.25) is 0 Å². The molecule has 0 saturated carbocycles. The van der Waals surface area contributed by atoms with Crippen molar-refractivity contribution in [3.63, 3.8) is 0 Å².